The summed E-state index contributed by atoms with van der Waals surface area (Å²) in [6.07, 6.45) is 0. The number of fused-ring (bicyclic) bond motifs is 1. The van der Waals surface area contributed by atoms with E-state index in [1.807, 2.05) is 42.2 Å². The minimum atomic E-state index is -0.229. The average Bonchev–Trinajstić information content (AvgIpc) is 3.16. The summed E-state index contributed by atoms with van der Waals surface area (Å²) in [5.41, 5.74) is 1.66. The zero-order valence-electron chi connectivity index (χ0n) is 16.9. The number of hydrogen-bond acceptors (Lipinski definition) is 4. The molecule has 2 heterocycles. The molecule has 0 aliphatic carbocycles. The number of methoxy groups -OCH3 is 1. The minimum absolute atomic E-state index is 0.0363. The Morgan fingerprint density at radius 3 is 2.62 bits per heavy atom. The van der Waals surface area contributed by atoms with Gasteiger partial charge in [0, 0.05) is 37.1 Å². The van der Waals surface area contributed by atoms with Crippen LogP contribution >= 0.6 is 0 Å². The van der Waals surface area contributed by atoms with Gasteiger partial charge in [0.25, 0.3) is 5.91 Å². The fourth-order valence-electron chi connectivity index (χ4n) is 3.97. The third kappa shape index (κ3) is 3.85. The van der Waals surface area contributed by atoms with Gasteiger partial charge in [-0.25, -0.2) is 4.39 Å². The van der Waals surface area contributed by atoms with Crippen LogP contribution in [0.3, 0.4) is 0 Å². The second kappa shape index (κ2) is 7.87. The van der Waals surface area contributed by atoms with Crippen molar-refractivity contribution >= 4 is 16.9 Å². The van der Waals surface area contributed by atoms with Crippen molar-refractivity contribution in [1.29, 1.82) is 0 Å². The Labute approximate surface area is 169 Å². The topological polar surface area (TPSA) is 45.9 Å². The van der Waals surface area contributed by atoms with E-state index in [0.29, 0.717) is 23.6 Å². The zero-order valence-corrected chi connectivity index (χ0v) is 16.9. The number of rotatable bonds is 4. The quantitative estimate of drug-likeness (QED) is 0.659. The first-order valence-corrected chi connectivity index (χ1v) is 9.82. The van der Waals surface area contributed by atoms with E-state index in [1.54, 1.807) is 13.2 Å². The summed E-state index contributed by atoms with van der Waals surface area (Å²) in [5, 5.41) is 0.850. The number of hydrogen-bond donors (Lipinski definition) is 0. The Morgan fingerprint density at radius 2 is 1.90 bits per heavy atom. The van der Waals surface area contributed by atoms with Gasteiger partial charge in [0.15, 0.2) is 17.1 Å². The van der Waals surface area contributed by atoms with Crippen LogP contribution in [0.1, 0.15) is 30.0 Å². The number of amides is 1. The molecule has 1 saturated heterocycles. The monoisotopic (exact) mass is 396 g/mol. The highest BCUT2D eigenvalue weighted by atomic mass is 19.1. The van der Waals surface area contributed by atoms with Crippen LogP contribution in [-0.2, 0) is 6.54 Å². The second-order valence-corrected chi connectivity index (χ2v) is 7.70. The molecular weight excluding hydrogens is 371 g/mol. The first-order valence-electron chi connectivity index (χ1n) is 9.82. The lowest BCUT2D eigenvalue weighted by Crippen LogP contribution is -2.57. The van der Waals surface area contributed by atoms with Gasteiger partial charge in [-0.3, -0.25) is 9.69 Å². The van der Waals surface area contributed by atoms with Gasteiger partial charge >= 0.3 is 0 Å². The van der Waals surface area contributed by atoms with Crippen molar-refractivity contribution in [3.8, 4) is 5.75 Å². The van der Waals surface area contributed by atoms with Gasteiger partial charge in [-0.2, -0.15) is 0 Å². The van der Waals surface area contributed by atoms with E-state index in [1.165, 1.54) is 12.1 Å². The molecule has 152 valence electrons. The van der Waals surface area contributed by atoms with Crippen molar-refractivity contribution in [3.63, 3.8) is 0 Å². The molecule has 0 N–H and O–H groups in total. The van der Waals surface area contributed by atoms with Crippen LogP contribution in [0.5, 0.6) is 5.75 Å². The molecule has 0 bridgehead atoms. The highest BCUT2D eigenvalue weighted by molar-refractivity contribution is 5.97. The van der Waals surface area contributed by atoms with E-state index >= 15 is 0 Å². The van der Waals surface area contributed by atoms with Crippen LogP contribution in [-0.4, -0.2) is 48.0 Å². The number of piperazine rings is 1. The van der Waals surface area contributed by atoms with Crippen molar-refractivity contribution in [2.24, 2.45) is 0 Å². The Balaban J connectivity index is 1.50. The van der Waals surface area contributed by atoms with Gasteiger partial charge in [-0.05, 0) is 43.7 Å². The van der Waals surface area contributed by atoms with Crippen LogP contribution in [0.15, 0.2) is 52.9 Å². The molecule has 3 aromatic rings. The molecule has 4 rings (SSSR count). The Kier molecular flexibility index (Phi) is 5.28. The lowest BCUT2D eigenvalue weighted by Gasteiger charge is -2.43. The van der Waals surface area contributed by atoms with Crippen molar-refractivity contribution in [1.82, 2.24) is 9.80 Å². The van der Waals surface area contributed by atoms with Crippen LogP contribution in [0.4, 0.5) is 4.39 Å². The van der Waals surface area contributed by atoms with Gasteiger partial charge in [0.05, 0.1) is 7.11 Å². The number of carbonyl (C=O) groups is 1. The number of carbonyl (C=O) groups excluding carboxylic acids is 1. The van der Waals surface area contributed by atoms with E-state index < -0.39 is 0 Å². The van der Waals surface area contributed by atoms with Crippen LogP contribution in [0.2, 0.25) is 0 Å². The number of benzene rings is 2. The van der Waals surface area contributed by atoms with Gasteiger partial charge in [0.2, 0.25) is 0 Å². The molecule has 1 aliphatic heterocycles. The smallest absolute Gasteiger partial charge is 0.289 e. The summed E-state index contributed by atoms with van der Waals surface area (Å²) >= 11 is 0. The third-order valence-electron chi connectivity index (χ3n) is 5.61. The summed E-state index contributed by atoms with van der Waals surface area (Å²) in [6, 6.07) is 14.2. The molecule has 2 aromatic carbocycles. The zero-order chi connectivity index (χ0) is 20.5. The number of ether oxygens (including phenoxy) is 1. The Hall–Kier alpha value is -2.86. The molecule has 5 nitrogen and oxygen atoms in total. The van der Waals surface area contributed by atoms with Gasteiger partial charge in [-0.1, -0.05) is 24.3 Å². The number of furan rings is 1. The van der Waals surface area contributed by atoms with E-state index in [-0.39, 0.29) is 23.8 Å². The molecule has 1 amide bonds. The highest BCUT2D eigenvalue weighted by Crippen LogP contribution is 2.30. The van der Waals surface area contributed by atoms with Crippen LogP contribution in [0.25, 0.3) is 11.0 Å². The molecule has 1 aromatic heterocycles. The molecule has 2 atom stereocenters. The number of nitrogens with zero attached hydrogens (tertiary/aromatic N) is 2. The maximum Gasteiger partial charge on any atom is 0.289 e. The van der Waals surface area contributed by atoms with Gasteiger partial charge < -0.3 is 14.1 Å². The first-order chi connectivity index (χ1) is 14.0. The molecule has 0 radical (unpaired) electrons. The third-order valence-corrected chi connectivity index (χ3v) is 5.61. The SMILES string of the molecule is COc1cccc2cc(C(=O)N3C[C@@H](C)N(Cc4ccc(F)cc4)C[C@H]3C)oc12. The van der Waals surface area contributed by atoms with Crippen molar-refractivity contribution in [2.75, 3.05) is 20.2 Å². The Morgan fingerprint density at radius 1 is 1.14 bits per heavy atom. The Bertz CT molecular complexity index is 1010. The molecule has 6 heteroatoms. The molecular formula is C23H25FN2O3. The fourth-order valence-corrected chi connectivity index (χ4v) is 3.97. The summed E-state index contributed by atoms with van der Waals surface area (Å²) < 4.78 is 24.3. The highest BCUT2D eigenvalue weighted by Gasteiger charge is 2.33. The fraction of sp³-hybridized carbons (Fsp3) is 0.348. The number of halogens is 1. The second-order valence-electron chi connectivity index (χ2n) is 7.70. The predicted molar refractivity (Wildman–Crippen MR) is 110 cm³/mol. The largest absolute Gasteiger partial charge is 0.493 e. The predicted octanol–water partition coefficient (Wildman–Crippen LogP) is 4.32. The average molecular weight is 396 g/mol. The number of para-hydroxylation sites is 1. The molecule has 29 heavy (non-hydrogen) atoms. The lowest BCUT2D eigenvalue weighted by atomic mass is 10.1. The van der Waals surface area contributed by atoms with E-state index in [4.69, 9.17) is 9.15 Å². The maximum absolute atomic E-state index is 13.2. The van der Waals surface area contributed by atoms with Crippen molar-refractivity contribution in [3.05, 3.63) is 65.7 Å². The summed E-state index contributed by atoms with van der Waals surface area (Å²) in [4.78, 5) is 17.4. The molecule has 0 unspecified atom stereocenters. The normalized spacial score (nSPS) is 20.2. The van der Waals surface area contributed by atoms with Crippen molar-refractivity contribution < 1.29 is 18.3 Å². The van der Waals surface area contributed by atoms with E-state index in [0.717, 1.165) is 24.0 Å². The molecule has 1 aliphatic rings. The van der Waals surface area contributed by atoms with Crippen molar-refractivity contribution in [2.45, 2.75) is 32.5 Å². The summed E-state index contributed by atoms with van der Waals surface area (Å²) in [6.45, 7) is 6.24. The minimum Gasteiger partial charge on any atom is -0.493 e. The van der Waals surface area contributed by atoms with Crippen LogP contribution in [0, 0.1) is 5.82 Å². The van der Waals surface area contributed by atoms with Gasteiger partial charge in [0.1, 0.15) is 5.82 Å². The van der Waals surface area contributed by atoms with Gasteiger partial charge in [-0.15, -0.1) is 0 Å². The van der Waals surface area contributed by atoms with Crippen LogP contribution < -0.4 is 4.74 Å². The molecule has 0 saturated carbocycles. The molecule has 0 spiro atoms. The standard InChI is InChI=1S/C23H25FN2O3/c1-15-13-26(16(2)12-25(15)14-17-7-9-19(24)10-8-17)23(27)21-11-18-5-4-6-20(28-3)22(18)29-21/h4-11,15-16H,12-14H2,1-3H3/t15-,16-/m1/s1. The van der Waals surface area contributed by atoms with E-state index in [9.17, 15) is 9.18 Å². The van der Waals surface area contributed by atoms with E-state index in [2.05, 4.69) is 11.8 Å². The first kappa shape index (κ1) is 19.5. The summed E-state index contributed by atoms with van der Waals surface area (Å²) in [7, 11) is 1.59. The maximum atomic E-state index is 13.2. The lowest BCUT2D eigenvalue weighted by molar-refractivity contribution is 0.0269. The molecule has 1 fully saturated rings. The summed E-state index contributed by atoms with van der Waals surface area (Å²) in [5.74, 6) is 0.611.